The molecule has 0 bridgehead atoms. The number of hydrogen-bond acceptors (Lipinski definition) is 5. The number of nitrogens with one attached hydrogen (secondary N) is 1. The van der Waals surface area contributed by atoms with E-state index in [1.807, 2.05) is 6.07 Å². The van der Waals surface area contributed by atoms with E-state index in [0.29, 0.717) is 0 Å². The fraction of sp³-hybridized carbons (Fsp3) is 0.625. The van der Waals surface area contributed by atoms with Crippen LogP contribution < -0.4 is 4.72 Å². The second-order valence-corrected chi connectivity index (χ2v) is 6.25. The van der Waals surface area contributed by atoms with E-state index in [1.54, 1.807) is 0 Å². The maximum Gasteiger partial charge on any atom is 0.261 e. The van der Waals surface area contributed by atoms with E-state index >= 15 is 0 Å². The third-order valence-corrected chi connectivity index (χ3v) is 4.83. The number of rotatable bonds is 4. The minimum atomic E-state index is -3.78. The van der Waals surface area contributed by atoms with Crippen LogP contribution in [0, 0.1) is 17.2 Å². The molecule has 2 rings (SSSR count). The van der Waals surface area contributed by atoms with Gasteiger partial charge in [0.1, 0.15) is 6.04 Å². The van der Waals surface area contributed by atoms with Gasteiger partial charge in [0.05, 0.1) is 6.07 Å². The molecular formula is C8H10BrN5O2S. The highest BCUT2D eigenvalue weighted by Crippen LogP contribution is 2.33. The molecule has 0 amide bonds. The molecule has 1 atom stereocenters. The summed E-state index contributed by atoms with van der Waals surface area (Å²) in [5.74, 6) is 0.120. The van der Waals surface area contributed by atoms with Crippen molar-refractivity contribution >= 4 is 26.0 Å². The van der Waals surface area contributed by atoms with E-state index in [-0.39, 0.29) is 15.5 Å². The number of aryl methyl sites for hydroxylation is 1. The van der Waals surface area contributed by atoms with Gasteiger partial charge < -0.3 is 0 Å². The van der Waals surface area contributed by atoms with Crippen LogP contribution in [0.1, 0.15) is 12.8 Å². The van der Waals surface area contributed by atoms with Crippen LogP contribution in [-0.2, 0) is 17.1 Å². The van der Waals surface area contributed by atoms with Gasteiger partial charge in [-0.15, -0.1) is 5.10 Å². The summed E-state index contributed by atoms with van der Waals surface area (Å²) in [7, 11) is -2.30. The van der Waals surface area contributed by atoms with E-state index in [4.69, 9.17) is 5.26 Å². The number of nitrogens with zero attached hydrogens (tertiary/aromatic N) is 4. The average molecular weight is 320 g/mol. The number of hydrogen-bond donors (Lipinski definition) is 1. The molecule has 17 heavy (non-hydrogen) atoms. The van der Waals surface area contributed by atoms with Gasteiger partial charge in [0, 0.05) is 7.05 Å². The molecule has 7 nitrogen and oxygen atoms in total. The zero-order valence-electron chi connectivity index (χ0n) is 8.96. The van der Waals surface area contributed by atoms with Crippen molar-refractivity contribution < 1.29 is 8.42 Å². The minimum Gasteiger partial charge on any atom is -0.235 e. The van der Waals surface area contributed by atoms with Gasteiger partial charge in [0.15, 0.2) is 4.60 Å². The van der Waals surface area contributed by atoms with Crippen molar-refractivity contribution in [2.75, 3.05) is 0 Å². The standard InChI is InChI=1S/C8H10BrN5O2S/c1-14-8(7(9)11-13-14)17(15,16)12-6(4-10)5-2-3-5/h5-6,12H,2-3H2,1H3. The SMILES string of the molecule is Cn1nnc(Br)c1S(=O)(=O)NC(C#N)C1CC1. The Morgan fingerprint density at radius 1 is 1.65 bits per heavy atom. The molecule has 0 aromatic carbocycles. The molecule has 92 valence electrons. The molecule has 0 saturated heterocycles. The first-order chi connectivity index (χ1) is 7.95. The molecule has 1 N–H and O–H groups in total. The zero-order valence-corrected chi connectivity index (χ0v) is 11.4. The van der Waals surface area contributed by atoms with Crippen LogP contribution in [-0.4, -0.2) is 29.5 Å². The molecule has 0 aliphatic heterocycles. The topological polar surface area (TPSA) is 101 Å². The zero-order chi connectivity index (χ0) is 12.6. The highest BCUT2D eigenvalue weighted by atomic mass is 79.9. The first-order valence-corrected chi connectivity index (χ1v) is 7.20. The van der Waals surface area contributed by atoms with Gasteiger partial charge in [-0.05, 0) is 34.7 Å². The summed E-state index contributed by atoms with van der Waals surface area (Å²) >= 11 is 3.02. The number of nitriles is 1. The van der Waals surface area contributed by atoms with Crippen molar-refractivity contribution in [3.05, 3.63) is 4.60 Å². The van der Waals surface area contributed by atoms with Gasteiger partial charge in [-0.3, -0.25) is 0 Å². The molecule has 1 aromatic rings. The Hall–Kier alpha value is -0.980. The van der Waals surface area contributed by atoms with Crippen LogP contribution in [0.3, 0.4) is 0 Å². The predicted molar refractivity (Wildman–Crippen MR) is 61.1 cm³/mol. The van der Waals surface area contributed by atoms with E-state index in [9.17, 15) is 8.42 Å². The van der Waals surface area contributed by atoms with Gasteiger partial charge in [-0.2, -0.15) is 9.98 Å². The maximum absolute atomic E-state index is 12.0. The normalized spacial score (nSPS) is 17.7. The second-order valence-electron chi connectivity index (χ2n) is 3.87. The van der Waals surface area contributed by atoms with Gasteiger partial charge >= 0.3 is 0 Å². The number of sulfonamides is 1. The van der Waals surface area contributed by atoms with E-state index in [2.05, 4.69) is 31.0 Å². The Labute approximate surface area is 107 Å². The van der Waals surface area contributed by atoms with Crippen LogP contribution in [0.15, 0.2) is 9.63 Å². The fourth-order valence-electron chi connectivity index (χ4n) is 1.49. The van der Waals surface area contributed by atoms with Crippen molar-refractivity contribution in [1.82, 2.24) is 19.7 Å². The van der Waals surface area contributed by atoms with Crippen LogP contribution in [0.5, 0.6) is 0 Å². The Bertz CT molecular complexity index is 552. The Morgan fingerprint density at radius 2 is 2.29 bits per heavy atom. The first kappa shape index (κ1) is 12.5. The summed E-state index contributed by atoms with van der Waals surface area (Å²) < 4.78 is 27.7. The highest BCUT2D eigenvalue weighted by Gasteiger charge is 2.36. The third-order valence-electron chi connectivity index (χ3n) is 2.51. The van der Waals surface area contributed by atoms with Gasteiger partial charge in [0.25, 0.3) is 10.0 Å². The van der Waals surface area contributed by atoms with Gasteiger partial charge in [0.2, 0.25) is 5.03 Å². The van der Waals surface area contributed by atoms with Crippen molar-refractivity contribution in [1.29, 1.82) is 5.26 Å². The molecule has 1 fully saturated rings. The Kier molecular flexibility index (Phi) is 3.20. The first-order valence-electron chi connectivity index (χ1n) is 4.93. The molecule has 9 heteroatoms. The lowest BCUT2D eigenvalue weighted by molar-refractivity contribution is 0.543. The van der Waals surface area contributed by atoms with Crippen LogP contribution in [0.2, 0.25) is 0 Å². The van der Waals surface area contributed by atoms with Crippen LogP contribution >= 0.6 is 15.9 Å². The average Bonchev–Trinajstić information content (AvgIpc) is 3.02. The molecule has 0 radical (unpaired) electrons. The van der Waals surface area contributed by atoms with E-state index in [1.165, 1.54) is 7.05 Å². The summed E-state index contributed by atoms with van der Waals surface area (Å²) in [5.41, 5.74) is 0. The smallest absolute Gasteiger partial charge is 0.235 e. The molecule has 1 unspecified atom stereocenters. The lowest BCUT2D eigenvalue weighted by atomic mass is 10.2. The minimum absolute atomic E-state index is 0.0709. The molecule has 1 aliphatic rings. The lowest BCUT2D eigenvalue weighted by Gasteiger charge is -2.10. The highest BCUT2D eigenvalue weighted by molar-refractivity contribution is 9.10. The predicted octanol–water partition coefficient (Wildman–Crippen LogP) is 0.158. The summed E-state index contributed by atoms with van der Waals surface area (Å²) in [6.45, 7) is 0. The van der Waals surface area contributed by atoms with Crippen molar-refractivity contribution in [3.63, 3.8) is 0 Å². The molecule has 1 saturated carbocycles. The Balaban J connectivity index is 2.28. The monoisotopic (exact) mass is 319 g/mol. The molecular weight excluding hydrogens is 310 g/mol. The van der Waals surface area contributed by atoms with Gasteiger partial charge in [-0.25, -0.2) is 13.1 Å². The largest absolute Gasteiger partial charge is 0.261 e. The molecule has 1 heterocycles. The van der Waals surface area contributed by atoms with Crippen LogP contribution in [0.25, 0.3) is 0 Å². The number of aromatic nitrogens is 3. The second kappa shape index (κ2) is 4.36. The van der Waals surface area contributed by atoms with Crippen molar-refractivity contribution in [3.8, 4) is 6.07 Å². The maximum atomic E-state index is 12.0. The fourth-order valence-corrected chi connectivity index (χ4v) is 3.79. The van der Waals surface area contributed by atoms with E-state index in [0.717, 1.165) is 17.5 Å². The number of halogens is 1. The van der Waals surface area contributed by atoms with E-state index < -0.39 is 16.1 Å². The van der Waals surface area contributed by atoms with Crippen molar-refractivity contribution in [2.24, 2.45) is 13.0 Å². The molecule has 0 spiro atoms. The summed E-state index contributed by atoms with van der Waals surface area (Å²) in [6.07, 6.45) is 1.76. The van der Waals surface area contributed by atoms with Crippen molar-refractivity contribution in [2.45, 2.75) is 23.9 Å². The summed E-state index contributed by atoms with van der Waals surface area (Å²) in [4.78, 5) is 0. The lowest BCUT2D eigenvalue weighted by Crippen LogP contribution is -2.36. The third kappa shape index (κ3) is 2.48. The summed E-state index contributed by atoms with van der Waals surface area (Å²) in [5, 5.41) is 16.0. The summed E-state index contributed by atoms with van der Waals surface area (Å²) in [6, 6.07) is 1.29. The quantitative estimate of drug-likeness (QED) is 0.851. The molecule has 1 aliphatic carbocycles. The molecule has 1 aromatic heterocycles. The van der Waals surface area contributed by atoms with Crippen LogP contribution in [0.4, 0.5) is 0 Å². The van der Waals surface area contributed by atoms with Gasteiger partial charge in [-0.1, -0.05) is 5.21 Å². The Morgan fingerprint density at radius 3 is 2.71 bits per heavy atom.